The molecule has 0 atom stereocenters. The van der Waals surface area contributed by atoms with Gasteiger partial charge in [0.15, 0.2) is 0 Å². The number of likely N-dealkylation sites (tertiary alicyclic amines) is 1. The average Bonchev–Trinajstić information content (AvgIpc) is 2.74. The van der Waals surface area contributed by atoms with Gasteiger partial charge in [-0.2, -0.15) is 13.2 Å². The van der Waals surface area contributed by atoms with Crippen LogP contribution in [0.4, 0.5) is 23.7 Å². The van der Waals surface area contributed by atoms with Gasteiger partial charge in [-0.25, -0.2) is 9.78 Å². The molecule has 0 spiro atoms. The van der Waals surface area contributed by atoms with Gasteiger partial charge >= 0.3 is 12.2 Å². The molecule has 6 nitrogen and oxygen atoms in total. The van der Waals surface area contributed by atoms with Crippen LogP contribution in [0.2, 0.25) is 0 Å². The van der Waals surface area contributed by atoms with Crippen LogP contribution in [-0.2, 0) is 6.18 Å². The van der Waals surface area contributed by atoms with E-state index in [0.29, 0.717) is 36.8 Å². The fraction of sp³-hybridized carbons (Fsp3) is 0.318. The molecule has 9 heteroatoms. The van der Waals surface area contributed by atoms with E-state index in [0.717, 1.165) is 17.7 Å². The summed E-state index contributed by atoms with van der Waals surface area (Å²) in [5.74, 6) is 0. The number of nitrogens with zero attached hydrogens (tertiary/aromatic N) is 3. The summed E-state index contributed by atoms with van der Waals surface area (Å²) in [6.07, 6.45) is -1.82. The minimum Gasteiger partial charge on any atom is -0.324 e. The van der Waals surface area contributed by atoms with E-state index < -0.39 is 17.8 Å². The Hall–Kier alpha value is -3.36. The molecule has 1 saturated heterocycles. The highest BCUT2D eigenvalue weighted by molar-refractivity contribution is 5.89. The second-order valence-electron chi connectivity index (χ2n) is 7.66. The molecule has 1 N–H and O–H groups in total. The first-order chi connectivity index (χ1) is 14.7. The number of nitrogens with one attached hydrogen (secondary N) is 1. The third kappa shape index (κ3) is 4.26. The van der Waals surface area contributed by atoms with E-state index >= 15 is 0 Å². The van der Waals surface area contributed by atoms with Gasteiger partial charge in [0.25, 0.3) is 5.56 Å². The van der Waals surface area contributed by atoms with Crippen molar-refractivity contribution in [1.29, 1.82) is 0 Å². The molecule has 0 radical (unpaired) electrons. The number of amides is 2. The number of hydrogen-bond acceptors (Lipinski definition) is 3. The summed E-state index contributed by atoms with van der Waals surface area (Å²) in [6, 6.07) is 9.47. The Kier molecular flexibility index (Phi) is 5.43. The summed E-state index contributed by atoms with van der Waals surface area (Å²) in [4.78, 5) is 31.4. The second kappa shape index (κ2) is 8.05. The predicted octanol–water partition coefficient (Wildman–Crippen LogP) is 4.59. The van der Waals surface area contributed by atoms with Crippen LogP contribution in [0.5, 0.6) is 0 Å². The maximum atomic E-state index is 12.9. The number of hydrogen-bond donors (Lipinski definition) is 1. The molecule has 1 aliphatic rings. The molecule has 4 rings (SSSR count). The average molecular weight is 430 g/mol. The zero-order valence-corrected chi connectivity index (χ0v) is 16.8. The molecule has 1 aliphatic heterocycles. The standard InChI is InChI=1S/C22H21F3N4O2/c1-14-4-2-7-18-19(14)26-13-29(20(18)30)17-8-10-28(11-9-17)21(31)27-16-6-3-5-15(12-16)22(23,24)25/h2-7,12-13,17H,8-11H2,1H3,(H,27,31). The van der Waals surface area contributed by atoms with Crippen molar-refractivity contribution < 1.29 is 18.0 Å². The third-order valence-corrected chi connectivity index (χ3v) is 5.60. The Morgan fingerprint density at radius 3 is 2.55 bits per heavy atom. The lowest BCUT2D eigenvalue weighted by molar-refractivity contribution is -0.137. The highest BCUT2D eigenvalue weighted by Crippen LogP contribution is 2.31. The van der Waals surface area contributed by atoms with Gasteiger partial charge in [0.2, 0.25) is 0 Å². The zero-order valence-electron chi connectivity index (χ0n) is 16.8. The molecular formula is C22H21F3N4O2. The predicted molar refractivity (Wildman–Crippen MR) is 111 cm³/mol. The SMILES string of the molecule is Cc1cccc2c(=O)n(C3CCN(C(=O)Nc4cccc(C(F)(F)F)c4)CC3)cnc12. The molecule has 0 bridgehead atoms. The fourth-order valence-electron chi connectivity index (χ4n) is 3.90. The smallest absolute Gasteiger partial charge is 0.324 e. The lowest BCUT2D eigenvalue weighted by atomic mass is 10.0. The van der Waals surface area contributed by atoms with E-state index in [2.05, 4.69) is 10.3 Å². The number of urea groups is 1. The van der Waals surface area contributed by atoms with Crippen LogP contribution in [0.1, 0.15) is 30.0 Å². The van der Waals surface area contributed by atoms with E-state index in [9.17, 15) is 22.8 Å². The highest BCUT2D eigenvalue weighted by Gasteiger charge is 2.31. The lowest BCUT2D eigenvalue weighted by Gasteiger charge is -2.32. The molecule has 0 saturated carbocycles. The number of carbonyl (C=O) groups excluding carboxylic acids is 1. The van der Waals surface area contributed by atoms with Crippen LogP contribution in [0.3, 0.4) is 0 Å². The molecule has 1 fully saturated rings. The summed E-state index contributed by atoms with van der Waals surface area (Å²) in [5.41, 5.74) is 0.778. The number of piperidine rings is 1. The second-order valence-corrected chi connectivity index (χ2v) is 7.66. The summed E-state index contributed by atoms with van der Waals surface area (Å²) in [7, 11) is 0. The Morgan fingerprint density at radius 2 is 1.84 bits per heavy atom. The number of aryl methyl sites for hydroxylation is 1. The number of benzene rings is 2. The van der Waals surface area contributed by atoms with Gasteiger partial charge in [0.05, 0.1) is 22.8 Å². The molecule has 3 aromatic rings. The van der Waals surface area contributed by atoms with Gasteiger partial charge < -0.3 is 10.2 Å². The van der Waals surface area contributed by atoms with Crippen molar-refractivity contribution in [2.24, 2.45) is 0 Å². The molecule has 0 unspecified atom stereocenters. The number of alkyl halides is 3. The summed E-state index contributed by atoms with van der Waals surface area (Å²) < 4.78 is 40.2. The summed E-state index contributed by atoms with van der Waals surface area (Å²) in [5, 5.41) is 3.09. The Labute approximate surface area is 176 Å². The molecule has 2 heterocycles. The zero-order chi connectivity index (χ0) is 22.2. The summed E-state index contributed by atoms with van der Waals surface area (Å²) in [6.45, 7) is 2.67. The number of para-hydroxylation sites is 1. The molecule has 2 aromatic carbocycles. The Balaban J connectivity index is 1.43. The molecule has 0 aliphatic carbocycles. The van der Waals surface area contributed by atoms with E-state index in [1.807, 2.05) is 19.1 Å². The van der Waals surface area contributed by atoms with E-state index in [-0.39, 0.29) is 17.3 Å². The van der Waals surface area contributed by atoms with Crippen LogP contribution in [-0.4, -0.2) is 33.6 Å². The normalized spacial score (nSPS) is 15.3. The number of fused-ring (bicyclic) bond motifs is 1. The number of aromatic nitrogens is 2. The van der Waals surface area contributed by atoms with Crippen molar-refractivity contribution in [3.8, 4) is 0 Å². The minimum atomic E-state index is -4.47. The maximum absolute atomic E-state index is 12.9. The van der Waals surface area contributed by atoms with Crippen LogP contribution in [0.15, 0.2) is 53.6 Å². The molecule has 1 aromatic heterocycles. The van der Waals surface area contributed by atoms with Crippen molar-refractivity contribution in [3.05, 3.63) is 70.3 Å². The van der Waals surface area contributed by atoms with E-state index in [4.69, 9.17) is 0 Å². The van der Waals surface area contributed by atoms with Gasteiger partial charge in [0, 0.05) is 24.8 Å². The van der Waals surface area contributed by atoms with Crippen molar-refractivity contribution >= 4 is 22.6 Å². The van der Waals surface area contributed by atoms with Crippen LogP contribution >= 0.6 is 0 Å². The van der Waals surface area contributed by atoms with Crippen LogP contribution < -0.4 is 10.9 Å². The third-order valence-electron chi connectivity index (χ3n) is 5.60. The van der Waals surface area contributed by atoms with Crippen molar-refractivity contribution in [1.82, 2.24) is 14.5 Å². The van der Waals surface area contributed by atoms with Gasteiger partial charge in [0.1, 0.15) is 0 Å². The molecular weight excluding hydrogens is 409 g/mol. The van der Waals surface area contributed by atoms with Crippen molar-refractivity contribution in [2.45, 2.75) is 32.0 Å². The van der Waals surface area contributed by atoms with Gasteiger partial charge in [-0.3, -0.25) is 9.36 Å². The highest BCUT2D eigenvalue weighted by atomic mass is 19.4. The number of rotatable bonds is 2. The summed E-state index contributed by atoms with van der Waals surface area (Å²) >= 11 is 0. The molecule has 31 heavy (non-hydrogen) atoms. The van der Waals surface area contributed by atoms with Crippen molar-refractivity contribution in [3.63, 3.8) is 0 Å². The monoisotopic (exact) mass is 430 g/mol. The van der Waals surface area contributed by atoms with E-state index in [1.54, 1.807) is 21.9 Å². The first-order valence-corrected chi connectivity index (χ1v) is 9.93. The topological polar surface area (TPSA) is 67.2 Å². The van der Waals surface area contributed by atoms with Gasteiger partial charge in [-0.05, 0) is 49.6 Å². The fourth-order valence-corrected chi connectivity index (χ4v) is 3.90. The Morgan fingerprint density at radius 1 is 1.13 bits per heavy atom. The van der Waals surface area contributed by atoms with Crippen LogP contribution in [0, 0.1) is 6.92 Å². The van der Waals surface area contributed by atoms with Gasteiger partial charge in [-0.15, -0.1) is 0 Å². The quantitative estimate of drug-likeness (QED) is 0.647. The maximum Gasteiger partial charge on any atom is 0.416 e. The first-order valence-electron chi connectivity index (χ1n) is 9.93. The van der Waals surface area contributed by atoms with Gasteiger partial charge in [-0.1, -0.05) is 18.2 Å². The number of halogens is 3. The van der Waals surface area contributed by atoms with Crippen LogP contribution in [0.25, 0.3) is 10.9 Å². The molecule has 162 valence electrons. The largest absolute Gasteiger partial charge is 0.416 e. The van der Waals surface area contributed by atoms with Crippen molar-refractivity contribution in [2.75, 3.05) is 18.4 Å². The minimum absolute atomic E-state index is 0.0901. The lowest BCUT2D eigenvalue weighted by Crippen LogP contribution is -2.42. The molecule has 2 amide bonds. The first kappa shape index (κ1) is 20.9. The Bertz CT molecular complexity index is 1180. The number of carbonyl (C=O) groups is 1. The number of anilines is 1. The van der Waals surface area contributed by atoms with E-state index in [1.165, 1.54) is 12.1 Å².